The zero-order valence-electron chi connectivity index (χ0n) is 15.3. The normalized spacial score (nSPS) is 11.7. The maximum absolute atomic E-state index is 12.4. The molecule has 1 atom stereocenters. The van der Waals surface area contributed by atoms with Crippen LogP contribution in [0.3, 0.4) is 0 Å². The largest absolute Gasteiger partial charge is 0.497 e. The molecule has 2 aromatic rings. The quantitative estimate of drug-likeness (QED) is 0.649. The number of ether oxygens (including phenoxy) is 2. The van der Waals surface area contributed by atoms with Crippen molar-refractivity contribution in [1.29, 1.82) is 0 Å². The van der Waals surface area contributed by atoms with E-state index in [0.717, 1.165) is 11.1 Å². The van der Waals surface area contributed by atoms with Gasteiger partial charge < -0.3 is 19.9 Å². The maximum atomic E-state index is 12.4. The molecule has 0 saturated heterocycles. The van der Waals surface area contributed by atoms with Crippen LogP contribution in [0, 0.1) is 0 Å². The van der Waals surface area contributed by atoms with Crippen LogP contribution in [0.15, 0.2) is 36.4 Å². The highest BCUT2D eigenvalue weighted by atomic mass is 35.5. The van der Waals surface area contributed by atoms with Crippen molar-refractivity contribution in [3.05, 3.63) is 57.6 Å². The Bertz CT molecular complexity index is 760. The van der Waals surface area contributed by atoms with Gasteiger partial charge in [-0.3, -0.25) is 4.79 Å². The van der Waals surface area contributed by atoms with Gasteiger partial charge >= 0.3 is 0 Å². The van der Waals surface area contributed by atoms with E-state index in [2.05, 4.69) is 5.32 Å². The van der Waals surface area contributed by atoms with E-state index in [4.69, 9.17) is 32.7 Å². The number of methoxy groups -OCH3 is 2. The molecule has 2 N–H and O–H groups in total. The summed E-state index contributed by atoms with van der Waals surface area (Å²) < 4.78 is 10.5. The van der Waals surface area contributed by atoms with Crippen LogP contribution in [0.1, 0.15) is 29.9 Å². The number of aliphatic hydroxyl groups is 1. The molecule has 146 valence electrons. The fourth-order valence-corrected chi connectivity index (χ4v) is 3.08. The Labute approximate surface area is 169 Å². The van der Waals surface area contributed by atoms with Crippen LogP contribution in [-0.2, 0) is 11.3 Å². The number of carbonyl (C=O) groups is 1. The van der Waals surface area contributed by atoms with E-state index in [1.165, 1.54) is 0 Å². The number of nitrogens with one attached hydrogen (secondary N) is 1. The van der Waals surface area contributed by atoms with E-state index in [1.54, 1.807) is 32.4 Å². The van der Waals surface area contributed by atoms with Gasteiger partial charge in [0, 0.05) is 25.6 Å². The highest BCUT2D eigenvalue weighted by Crippen LogP contribution is 2.30. The molecule has 0 fully saturated rings. The lowest BCUT2D eigenvalue weighted by Gasteiger charge is -2.17. The molecule has 5 nitrogen and oxygen atoms in total. The standard InChI is InChI=1S/C20H23Cl2NO4/c1-26-16-7-13(8-17(11-16)27-2)12-23-20(25)10-15(5-6-24)14-3-4-18(21)19(22)9-14/h3-4,7-9,11,15,24H,5-6,10,12H2,1-2H3,(H,23,25). The molecule has 0 heterocycles. The van der Waals surface area contributed by atoms with E-state index >= 15 is 0 Å². The topological polar surface area (TPSA) is 67.8 Å². The van der Waals surface area contributed by atoms with Crippen molar-refractivity contribution in [2.24, 2.45) is 0 Å². The molecule has 7 heteroatoms. The molecular formula is C20H23Cl2NO4. The SMILES string of the molecule is COc1cc(CNC(=O)CC(CCO)c2ccc(Cl)c(Cl)c2)cc(OC)c1. The van der Waals surface area contributed by atoms with E-state index in [0.29, 0.717) is 34.5 Å². The van der Waals surface area contributed by atoms with Crippen molar-refractivity contribution in [3.63, 3.8) is 0 Å². The maximum Gasteiger partial charge on any atom is 0.220 e. The Morgan fingerprint density at radius 2 is 1.74 bits per heavy atom. The third-order valence-electron chi connectivity index (χ3n) is 4.23. The number of carbonyl (C=O) groups excluding carboxylic acids is 1. The van der Waals surface area contributed by atoms with Gasteiger partial charge in [0.25, 0.3) is 0 Å². The summed E-state index contributed by atoms with van der Waals surface area (Å²) in [6.07, 6.45) is 0.692. The molecule has 0 aliphatic heterocycles. The lowest BCUT2D eigenvalue weighted by molar-refractivity contribution is -0.121. The summed E-state index contributed by atoms with van der Waals surface area (Å²) >= 11 is 12.0. The second-order valence-electron chi connectivity index (χ2n) is 6.08. The predicted molar refractivity (Wildman–Crippen MR) is 107 cm³/mol. The van der Waals surface area contributed by atoms with E-state index in [1.807, 2.05) is 18.2 Å². The van der Waals surface area contributed by atoms with Crippen molar-refractivity contribution in [3.8, 4) is 11.5 Å². The number of aliphatic hydroxyl groups excluding tert-OH is 1. The summed E-state index contributed by atoms with van der Waals surface area (Å²) in [4.78, 5) is 12.4. The lowest BCUT2D eigenvalue weighted by Crippen LogP contribution is -2.25. The number of amides is 1. The van der Waals surface area contributed by atoms with Gasteiger partial charge in [-0.1, -0.05) is 29.3 Å². The third kappa shape index (κ3) is 6.31. The minimum absolute atomic E-state index is 0.0225. The van der Waals surface area contributed by atoms with Crippen LogP contribution >= 0.6 is 23.2 Å². The molecule has 1 amide bonds. The number of halogens is 2. The van der Waals surface area contributed by atoms with Gasteiger partial charge in [-0.2, -0.15) is 0 Å². The molecule has 0 saturated carbocycles. The average molecular weight is 412 g/mol. The molecule has 0 spiro atoms. The van der Waals surface area contributed by atoms with Gasteiger partial charge in [-0.15, -0.1) is 0 Å². The number of hydrogen-bond acceptors (Lipinski definition) is 4. The zero-order chi connectivity index (χ0) is 19.8. The highest BCUT2D eigenvalue weighted by Gasteiger charge is 2.17. The van der Waals surface area contributed by atoms with Crippen LogP contribution in [0.25, 0.3) is 0 Å². The summed E-state index contributed by atoms with van der Waals surface area (Å²) in [5.74, 6) is 1.05. The summed E-state index contributed by atoms with van der Waals surface area (Å²) in [6, 6.07) is 10.7. The summed E-state index contributed by atoms with van der Waals surface area (Å²) in [5, 5.41) is 13.1. The van der Waals surface area contributed by atoms with Gasteiger partial charge in [0.2, 0.25) is 5.91 Å². The Kier molecular flexibility index (Phi) is 8.23. The average Bonchev–Trinajstić information content (AvgIpc) is 2.67. The van der Waals surface area contributed by atoms with E-state index in [9.17, 15) is 9.90 Å². The predicted octanol–water partition coefficient (Wildman–Crippen LogP) is 4.18. The molecule has 2 aromatic carbocycles. The monoisotopic (exact) mass is 411 g/mol. The van der Waals surface area contributed by atoms with Gasteiger partial charge in [0.05, 0.1) is 24.3 Å². The second-order valence-corrected chi connectivity index (χ2v) is 6.90. The van der Waals surface area contributed by atoms with Crippen LogP contribution in [0.4, 0.5) is 0 Å². The number of rotatable bonds is 9. The molecule has 0 aromatic heterocycles. The van der Waals surface area contributed by atoms with Crippen molar-refractivity contribution < 1.29 is 19.4 Å². The highest BCUT2D eigenvalue weighted by molar-refractivity contribution is 6.42. The van der Waals surface area contributed by atoms with Gasteiger partial charge in [-0.25, -0.2) is 0 Å². The van der Waals surface area contributed by atoms with Gasteiger partial charge in [0.15, 0.2) is 0 Å². The van der Waals surface area contributed by atoms with E-state index < -0.39 is 0 Å². The number of benzene rings is 2. The first-order valence-electron chi connectivity index (χ1n) is 8.51. The minimum atomic E-state index is -0.149. The molecule has 1 unspecified atom stereocenters. The fraction of sp³-hybridized carbons (Fsp3) is 0.350. The molecule has 0 bridgehead atoms. The summed E-state index contributed by atoms with van der Waals surface area (Å²) in [6.45, 7) is 0.324. The Morgan fingerprint density at radius 1 is 1.07 bits per heavy atom. The first-order chi connectivity index (χ1) is 13.0. The van der Waals surface area contributed by atoms with Crippen LogP contribution in [0.2, 0.25) is 10.0 Å². The van der Waals surface area contributed by atoms with E-state index in [-0.39, 0.29) is 24.9 Å². The molecular weight excluding hydrogens is 389 g/mol. The molecule has 0 radical (unpaired) electrons. The first kappa shape index (κ1) is 21.4. The smallest absolute Gasteiger partial charge is 0.220 e. The molecule has 2 rings (SSSR count). The third-order valence-corrected chi connectivity index (χ3v) is 4.96. The Balaban J connectivity index is 2.02. The summed E-state index contributed by atoms with van der Waals surface area (Å²) in [7, 11) is 3.15. The molecule has 0 aliphatic rings. The van der Waals surface area contributed by atoms with Crippen molar-refractivity contribution in [2.45, 2.75) is 25.3 Å². The van der Waals surface area contributed by atoms with Crippen LogP contribution < -0.4 is 14.8 Å². The number of hydrogen-bond donors (Lipinski definition) is 2. The van der Waals surface area contributed by atoms with Crippen molar-refractivity contribution in [2.75, 3.05) is 20.8 Å². The Hall–Kier alpha value is -1.95. The second kappa shape index (κ2) is 10.4. The van der Waals surface area contributed by atoms with Crippen LogP contribution in [-0.4, -0.2) is 31.8 Å². The Morgan fingerprint density at radius 3 is 2.30 bits per heavy atom. The molecule has 0 aliphatic carbocycles. The summed E-state index contributed by atoms with van der Waals surface area (Å²) in [5.41, 5.74) is 1.74. The molecule has 27 heavy (non-hydrogen) atoms. The van der Waals surface area contributed by atoms with Crippen LogP contribution in [0.5, 0.6) is 11.5 Å². The van der Waals surface area contributed by atoms with Gasteiger partial charge in [-0.05, 0) is 47.7 Å². The first-order valence-corrected chi connectivity index (χ1v) is 9.26. The van der Waals surface area contributed by atoms with Crippen molar-refractivity contribution >= 4 is 29.1 Å². The minimum Gasteiger partial charge on any atom is -0.497 e. The van der Waals surface area contributed by atoms with Gasteiger partial charge in [0.1, 0.15) is 11.5 Å². The lowest BCUT2D eigenvalue weighted by atomic mass is 9.92. The fourth-order valence-electron chi connectivity index (χ4n) is 2.77. The zero-order valence-corrected chi connectivity index (χ0v) is 16.8. The van der Waals surface area contributed by atoms with Crippen molar-refractivity contribution in [1.82, 2.24) is 5.32 Å².